The van der Waals surface area contributed by atoms with Crippen molar-refractivity contribution in [3.8, 4) is 0 Å². The van der Waals surface area contributed by atoms with E-state index < -0.39 is 0 Å². The van der Waals surface area contributed by atoms with Gasteiger partial charge in [0.25, 0.3) is 0 Å². The first kappa shape index (κ1) is 20.9. The van der Waals surface area contributed by atoms with Crippen LogP contribution >= 0.6 is 0 Å². The number of anilines is 1. The maximum atomic E-state index is 12.1. The Hall–Kier alpha value is -2.83. The Balaban J connectivity index is 1.58. The van der Waals surface area contributed by atoms with Gasteiger partial charge in [0.15, 0.2) is 11.7 Å². The summed E-state index contributed by atoms with van der Waals surface area (Å²) in [5, 5.41) is 10.6. The molecule has 7 nitrogen and oxygen atoms in total. The van der Waals surface area contributed by atoms with Crippen LogP contribution in [0.15, 0.2) is 39.8 Å². The molecule has 0 radical (unpaired) electrons. The molecule has 0 atom stereocenters. The van der Waals surface area contributed by atoms with Gasteiger partial charge in [0.2, 0.25) is 5.91 Å². The summed E-state index contributed by atoms with van der Waals surface area (Å²) in [4.78, 5) is 18.6. The maximum absolute atomic E-state index is 12.1. The Morgan fingerprint density at radius 3 is 2.69 bits per heavy atom. The minimum absolute atomic E-state index is 0.216. The summed E-state index contributed by atoms with van der Waals surface area (Å²) in [7, 11) is 0. The van der Waals surface area contributed by atoms with Crippen LogP contribution in [0, 0.1) is 0 Å². The Morgan fingerprint density at radius 1 is 1.24 bits per heavy atom. The molecule has 1 aliphatic rings. The van der Waals surface area contributed by atoms with Crippen molar-refractivity contribution in [1.82, 2.24) is 15.8 Å². The first-order valence-electron chi connectivity index (χ1n) is 10.4. The fourth-order valence-electron chi connectivity index (χ4n) is 3.23. The van der Waals surface area contributed by atoms with Gasteiger partial charge in [0, 0.05) is 31.3 Å². The molecule has 7 heteroatoms. The van der Waals surface area contributed by atoms with Crippen molar-refractivity contribution in [1.29, 1.82) is 0 Å². The number of guanidine groups is 1. The van der Waals surface area contributed by atoms with Gasteiger partial charge < -0.3 is 20.1 Å². The van der Waals surface area contributed by atoms with E-state index in [9.17, 15) is 4.79 Å². The van der Waals surface area contributed by atoms with Gasteiger partial charge in [-0.15, -0.1) is 0 Å². The van der Waals surface area contributed by atoms with Crippen molar-refractivity contribution in [3.63, 3.8) is 0 Å². The lowest BCUT2D eigenvalue weighted by Crippen LogP contribution is -2.36. The predicted molar refractivity (Wildman–Crippen MR) is 115 cm³/mol. The Labute approximate surface area is 172 Å². The highest BCUT2D eigenvalue weighted by molar-refractivity contribution is 5.93. The van der Waals surface area contributed by atoms with Gasteiger partial charge in [-0.2, -0.15) is 0 Å². The van der Waals surface area contributed by atoms with Crippen molar-refractivity contribution in [3.05, 3.63) is 47.3 Å². The molecule has 0 unspecified atom stereocenters. The van der Waals surface area contributed by atoms with Crippen LogP contribution in [0.4, 0.5) is 5.69 Å². The lowest BCUT2D eigenvalue weighted by Gasteiger charge is -2.26. The zero-order valence-corrected chi connectivity index (χ0v) is 17.6. The van der Waals surface area contributed by atoms with Crippen LogP contribution in [0.5, 0.6) is 0 Å². The number of benzene rings is 1. The number of rotatable bonds is 7. The molecule has 2 heterocycles. The summed E-state index contributed by atoms with van der Waals surface area (Å²) in [5.74, 6) is 2.08. The van der Waals surface area contributed by atoms with Crippen molar-refractivity contribution in [2.75, 3.05) is 18.0 Å². The van der Waals surface area contributed by atoms with Crippen LogP contribution in [0.2, 0.25) is 0 Å². The lowest BCUT2D eigenvalue weighted by atomic mass is 10.1. The smallest absolute Gasteiger partial charge is 0.226 e. The van der Waals surface area contributed by atoms with Gasteiger partial charge >= 0.3 is 0 Å². The normalized spacial score (nSPS) is 15.1. The highest BCUT2D eigenvalue weighted by atomic mass is 16.5. The average Bonchev–Trinajstić information content (AvgIpc) is 3.20. The van der Waals surface area contributed by atoms with Gasteiger partial charge in [-0.05, 0) is 43.4 Å². The quantitative estimate of drug-likeness (QED) is 0.551. The van der Waals surface area contributed by atoms with Crippen LogP contribution in [-0.2, 0) is 17.9 Å². The Bertz CT molecular complexity index is 826. The second kappa shape index (κ2) is 10.1. The highest BCUT2D eigenvalue weighted by Crippen LogP contribution is 2.21. The van der Waals surface area contributed by atoms with E-state index in [4.69, 9.17) is 4.52 Å². The number of hydrogen-bond donors (Lipinski definition) is 2. The summed E-state index contributed by atoms with van der Waals surface area (Å²) >= 11 is 0. The Kier molecular flexibility index (Phi) is 7.27. The zero-order valence-electron chi connectivity index (χ0n) is 17.6. The number of carbonyl (C=O) groups excluding carboxylic acids is 1. The molecule has 1 amide bonds. The fourth-order valence-corrected chi connectivity index (χ4v) is 3.23. The third-order valence-corrected chi connectivity index (χ3v) is 4.93. The molecule has 156 valence electrons. The maximum Gasteiger partial charge on any atom is 0.226 e. The molecular weight excluding hydrogens is 366 g/mol. The van der Waals surface area contributed by atoms with E-state index in [1.807, 2.05) is 42.2 Å². The van der Waals surface area contributed by atoms with E-state index in [0.29, 0.717) is 25.4 Å². The van der Waals surface area contributed by atoms with Crippen molar-refractivity contribution in [2.45, 2.75) is 59.0 Å². The molecule has 0 aliphatic carbocycles. The number of carbonyl (C=O) groups is 1. The van der Waals surface area contributed by atoms with Gasteiger partial charge in [-0.25, -0.2) is 4.99 Å². The van der Waals surface area contributed by atoms with Crippen LogP contribution < -0.4 is 15.5 Å². The molecule has 1 aromatic carbocycles. The second-order valence-electron chi connectivity index (χ2n) is 7.59. The molecule has 1 fully saturated rings. The van der Waals surface area contributed by atoms with Gasteiger partial charge in [-0.1, -0.05) is 31.1 Å². The molecule has 2 aromatic rings. The summed E-state index contributed by atoms with van der Waals surface area (Å²) < 4.78 is 5.37. The molecular formula is C22H31N5O2. The standard InChI is InChI=1S/C22H31N5O2/c1-4-23-22(25-15-19-13-20(16(2)3)26-29-19)24-14-17-8-10-18(11-9-17)27-12-6-5-7-21(27)28/h8-11,13,16H,4-7,12,14-15H2,1-3H3,(H2,23,24,25). The van der Waals surface area contributed by atoms with Gasteiger partial charge in [0.05, 0.1) is 18.8 Å². The summed E-state index contributed by atoms with van der Waals surface area (Å²) in [6.07, 6.45) is 2.71. The molecule has 1 aliphatic heterocycles. The van der Waals surface area contributed by atoms with Crippen LogP contribution in [0.1, 0.15) is 63.0 Å². The predicted octanol–water partition coefficient (Wildman–Crippen LogP) is 3.57. The van der Waals surface area contributed by atoms with E-state index in [-0.39, 0.29) is 5.91 Å². The third-order valence-electron chi connectivity index (χ3n) is 4.93. The number of aromatic nitrogens is 1. The van der Waals surface area contributed by atoms with Crippen molar-refractivity contribution >= 4 is 17.6 Å². The molecule has 1 aromatic heterocycles. The number of hydrogen-bond acceptors (Lipinski definition) is 4. The Morgan fingerprint density at radius 2 is 2.03 bits per heavy atom. The van der Waals surface area contributed by atoms with Crippen LogP contribution in [-0.4, -0.2) is 30.1 Å². The van der Waals surface area contributed by atoms with Gasteiger partial charge in [-0.3, -0.25) is 4.79 Å². The van der Waals surface area contributed by atoms with E-state index >= 15 is 0 Å². The average molecular weight is 398 g/mol. The molecule has 2 N–H and O–H groups in total. The van der Waals surface area contributed by atoms with E-state index in [2.05, 4.69) is 34.6 Å². The summed E-state index contributed by atoms with van der Waals surface area (Å²) in [6, 6.07) is 10.1. The summed E-state index contributed by atoms with van der Waals surface area (Å²) in [5.41, 5.74) is 3.02. The third kappa shape index (κ3) is 5.82. The number of nitrogens with one attached hydrogen (secondary N) is 2. The molecule has 1 saturated heterocycles. The van der Waals surface area contributed by atoms with E-state index in [1.165, 1.54) is 0 Å². The monoisotopic (exact) mass is 397 g/mol. The molecule has 3 rings (SSSR count). The minimum Gasteiger partial charge on any atom is -0.359 e. The number of aliphatic imine (C=N–C) groups is 1. The largest absolute Gasteiger partial charge is 0.359 e. The topological polar surface area (TPSA) is 82.8 Å². The SMILES string of the molecule is CCNC(=NCc1ccc(N2CCCCC2=O)cc1)NCc1cc(C(C)C)no1. The fraction of sp³-hybridized carbons (Fsp3) is 0.500. The number of piperidine rings is 1. The summed E-state index contributed by atoms with van der Waals surface area (Å²) in [6.45, 7) is 8.88. The van der Waals surface area contributed by atoms with Crippen LogP contribution in [0.3, 0.4) is 0 Å². The van der Waals surface area contributed by atoms with Gasteiger partial charge in [0.1, 0.15) is 0 Å². The van der Waals surface area contributed by atoms with Crippen LogP contribution in [0.25, 0.3) is 0 Å². The molecule has 0 bridgehead atoms. The van der Waals surface area contributed by atoms with Crippen molar-refractivity contribution < 1.29 is 9.32 Å². The number of amides is 1. The molecule has 0 spiro atoms. The van der Waals surface area contributed by atoms with Crippen molar-refractivity contribution in [2.24, 2.45) is 4.99 Å². The van der Waals surface area contributed by atoms with E-state index in [1.54, 1.807) is 0 Å². The first-order valence-corrected chi connectivity index (χ1v) is 10.4. The lowest BCUT2D eigenvalue weighted by molar-refractivity contribution is -0.119. The number of nitrogens with zero attached hydrogens (tertiary/aromatic N) is 3. The van der Waals surface area contributed by atoms with E-state index in [0.717, 1.165) is 54.6 Å². The highest BCUT2D eigenvalue weighted by Gasteiger charge is 2.19. The minimum atomic E-state index is 0.216. The second-order valence-corrected chi connectivity index (χ2v) is 7.59. The molecule has 29 heavy (non-hydrogen) atoms. The first-order chi connectivity index (χ1) is 14.1. The molecule has 0 saturated carbocycles. The zero-order chi connectivity index (χ0) is 20.6.